The molecule has 1 atom stereocenters. The molecular weight excluding hydrogens is 200 g/mol. The number of rotatable bonds is 6. The fourth-order valence-corrected chi connectivity index (χ4v) is 1.67. The largest absolute Gasteiger partial charge is 0.385 e. The molecule has 0 saturated carbocycles. The highest BCUT2D eigenvalue weighted by molar-refractivity contribution is 5.93. The summed E-state index contributed by atoms with van der Waals surface area (Å²) < 4.78 is 0. The minimum atomic E-state index is -0.384. The molecule has 3 N–H and O–H groups in total. The zero-order chi connectivity index (χ0) is 12.0. The van der Waals surface area contributed by atoms with Crippen LogP contribution < -0.4 is 11.1 Å². The second-order valence-electron chi connectivity index (χ2n) is 4.22. The van der Waals surface area contributed by atoms with Crippen molar-refractivity contribution in [2.45, 2.75) is 26.7 Å². The third-order valence-corrected chi connectivity index (χ3v) is 2.58. The summed E-state index contributed by atoms with van der Waals surface area (Å²) in [5.74, 6) is 0.257. The van der Waals surface area contributed by atoms with E-state index < -0.39 is 0 Å². The molecule has 88 valence electrons. The fraction of sp³-hybridized carbons (Fsp3) is 0.462. The van der Waals surface area contributed by atoms with Crippen molar-refractivity contribution in [3.63, 3.8) is 0 Å². The van der Waals surface area contributed by atoms with Crippen LogP contribution in [0.4, 0.5) is 5.69 Å². The summed E-state index contributed by atoms with van der Waals surface area (Å²) in [5.41, 5.74) is 6.73. The third kappa shape index (κ3) is 3.93. The lowest BCUT2D eigenvalue weighted by Crippen LogP contribution is -2.13. The fourth-order valence-electron chi connectivity index (χ4n) is 1.67. The van der Waals surface area contributed by atoms with Gasteiger partial charge in [-0.15, -0.1) is 0 Å². The summed E-state index contributed by atoms with van der Waals surface area (Å²) in [6, 6.07) is 7.31. The van der Waals surface area contributed by atoms with Gasteiger partial charge in [0.25, 0.3) is 0 Å². The van der Waals surface area contributed by atoms with E-state index in [1.807, 2.05) is 12.1 Å². The molecule has 0 spiro atoms. The molecule has 0 radical (unpaired) electrons. The topological polar surface area (TPSA) is 55.1 Å². The molecule has 1 aromatic rings. The molecule has 1 amide bonds. The molecular formula is C13H20N2O. The maximum atomic E-state index is 11.0. The molecule has 0 bridgehead atoms. The van der Waals surface area contributed by atoms with Crippen LogP contribution in [0.1, 0.15) is 37.0 Å². The van der Waals surface area contributed by atoms with E-state index in [4.69, 9.17) is 5.73 Å². The van der Waals surface area contributed by atoms with Crippen LogP contribution in [-0.2, 0) is 0 Å². The van der Waals surface area contributed by atoms with Crippen molar-refractivity contribution < 1.29 is 4.79 Å². The summed E-state index contributed by atoms with van der Waals surface area (Å²) in [7, 11) is 0. The molecule has 0 heterocycles. The van der Waals surface area contributed by atoms with Gasteiger partial charge >= 0.3 is 0 Å². The lowest BCUT2D eigenvalue weighted by molar-refractivity contribution is 0.100. The first kappa shape index (κ1) is 12.6. The molecule has 16 heavy (non-hydrogen) atoms. The Morgan fingerprint density at radius 3 is 2.88 bits per heavy atom. The van der Waals surface area contributed by atoms with Crippen molar-refractivity contribution >= 4 is 11.6 Å². The molecule has 0 fully saturated rings. The Hall–Kier alpha value is -1.51. The van der Waals surface area contributed by atoms with E-state index in [9.17, 15) is 4.79 Å². The number of hydrogen-bond donors (Lipinski definition) is 2. The number of benzene rings is 1. The second-order valence-corrected chi connectivity index (χ2v) is 4.22. The number of nitrogens with one attached hydrogen (secondary N) is 1. The lowest BCUT2D eigenvalue weighted by Gasteiger charge is -2.12. The maximum Gasteiger partial charge on any atom is 0.248 e. The standard InChI is InChI=1S/C13H20N2O/c1-3-5-10(2)9-15-12-7-4-6-11(8-12)13(14)16/h4,6-8,10,15H,3,5,9H2,1-2H3,(H2,14,16). The van der Waals surface area contributed by atoms with Gasteiger partial charge in [0.1, 0.15) is 0 Å². The predicted molar refractivity (Wildman–Crippen MR) is 67.5 cm³/mol. The van der Waals surface area contributed by atoms with E-state index in [1.54, 1.807) is 12.1 Å². The van der Waals surface area contributed by atoms with Gasteiger partial charge in [0.05, 0.1) is 0 Å². The Morgan fingerprint density at radius 1 is 1.50 bits per heavy atom. The Kier molecular flexibility index (Phi) is 4.83. The van der Waals surface area contributed by atoms with Crippen molar-refractivity contribution in [1.29, 1.82) is 0 Å². The highest BCUT2D eigenvalue weighted by Gasteiger charge is 2.03. The maximum absolute atomic E-state index is 11.0. The van der Waals surface area contributed by atoms with Crippen LogP contribution in [0, 0.1) is 5.92 Å². The number of hydrogen-bond acceptors (Lipinski definition) is 2. The van der Waals surface area contributed by atoms with Crippen LogP contribution >= 0.6 is 0 Å². The minimum Gasteiger partial charge on any atom is -0.385 e. The van der Waals surface area contributed by atoms with Crippen molar-refractivity contribution in [3.05, 3.63) is 29.8 Å². The van der Waals surface area contributed by atoms with Gasteiger partial charge in [-0.3, -0.25) is 4.79 Å². The molecule has 1 unspecified atom stereocenters. The summed E-state index contributed by atoms with van der Waals surface area (Å²) in [6.45, 7) is 5.33. The summed E-state index contributed by atoms with van der Waals surface area (Å²) in [6.07, 6.45) is 2.41. The zero-order valence-corrected chi connectivity index (χ0v) is 9.99. The van der Waals surface area contributed by atoms with Gasteiger partial charge in [-0.05, 0) is 30.5 Å². The van der Waals surface area contributed by atoms with Crippen molar-refractivity contribution in [3.8, 4) is 0 Å². The highest BCUT2D eigenvalue weighted by Crippen LogP contribution is 2.12. The summed E-state index contributed by atoms with van der Waals surface area (Å²) >= 11 is 0. The van der Waals surface area contributed by atoms with Crippen LogP contribution in [0.2, 0.25) is 0 Å². The molecule has 0 saturated heterocycles. The number of carbonyl (C=O) groups excluding carboxylic acids is 1. The SMILES string of the molecule is CCCC(C)CNc1cccc(C(N)=O)c1. The highest BCUT2D eigenvalue weighted by atomic mass is 16.1. The van der Waals surface area contributed by atoms with Crippen LogP contribution in [-0.4, -0.2) is 12.5 Å². The van der Waals surface area contributed by atoms with Gasteiger partial charge in [-0.2, -0.15) is 0 Å². The first-order valence-electron chi connectivity index (χ1n) is 5.77. The van der Waals surface area contributed by atoms with Crippen LogP contribution in [0.15, 0.2) is 24.3 Å². The number of primary amides is 1. The number of carbonyl (C=O) groups is 1. The van der Waals surface area contributed by atoms with Gasteiger partial charge in [0.2, 0.25) is 5.91 Å². The molecule has 3 heteroatoms. The van der Waals surface area contributed by atoms with Gasteiger partial charge in [-0.25, -0.2) is 0 Å². The molecule has 3 nitrogen and oxygen atoms in total. The molecule has 0 aliphatic carbocycles. The van der Waals surface area contributed by atoms with E-state index in [1.165, 1.54) is 12.8 Å². The Balaban J connectivity index is 2.54. The lowest BCUT2D eigenvalue weighted by atomic mass is 10.1. The normalized spacial score (nSPS) is 12.1. The number of anilines is 1. The molecule has 1 rings (SSSR count). The van der Waals surface area contributed by atoms with Gasteiger partial charge in [0.15, 0.2) is 0 Å². The van der Waals surface area contributed by atoms with Crippen molar-refractivity contribution in [1.82, 2.24) is 0 Å². The van der Waals surface area contributed by atoms with Crippen molar-refractivity contribution in [2.24, 2.45) is 11.7 Å². The monoisotopic (exact) mass is 220 g/mol. The van der Waals surface area contributed by atoms with Gasteiger partial charge in [-0.1, -0.05) is 26.3 Å². The Labute approximate surface area is 97.0 Å². The predicted octanol–water partition coefficient (Wildman–Crippen LogP) is 2.63. The van der Waals surface area contributed by atoms with E-state index in [2.05, 4.69) is 19.2 Å². The Morgan fingerprint density at radius 2 is 2.25 bits per heavy atom. The van der Waals surface area contributed by atoms with E-state index in [-0.39, 0.29) is 5.91 Å². The summed E-state index contributed by atoms with van der Waals surface area (Å²) in [5, 5.41) is 3.32. The second kappa shape index (κ2) is 6.16. The summed E-state index contributed by atoms with van der Waals surface area (Å²) in [4.78, 5) is 11.0. The Bertz CT molecular complexity index is 350. The first-order valence-corrected chi connectivity index (χ1v) is 5.77. The smallest absolute Gasteiger partial charge is 0.248 e. The third-order valence-electron chi connectivity index (χ3n) is 2.58. The zero-order valence-electron chi connectivity index (χ0n) is 9.99. The van der Waals surface area contributed by atoms with E-state index in [0.717, 1.165) is 12.2 Å². The van der Waals surface area contributed by atoms with E-state index in [0.29, 0.717) is 11.5 Å². The van der Waals surface area contributed by atoms with E-state index >= 15 is 0 Å². The van der Waals surface area contributed by atoms with Crippen LogP contribution in [0.25, 0.3) is 0 Å². The van der Waals surface area contributed by atoms with Crippen LogP contribution in [0.3, 0.4) is 0 Å². The van der Waals surface area contributed by atoms with Gasteiger partial charge in [0, 0.05) is 17.8 Å². The first-order chi connectivity index (χ1) is 7.63. The average molecular weight is 220 g/mol. The van der Waals surface area contributed by atoms with Crippen molar-refractivity contribution in [2.75, 3.05) is 11.9 Å². The minimum absolute atomic E-state index is 0.384. The average Bonchev–Trinajstić information content (AvgIpc) is 2.27. The number of amides is 1. The molecule has 0 aliphatic heterocycles. The molecule has 0 aliphatic rings. The molecule has 0 aromatic heterocycles. The van der Waals surface area contributed by atoms with Crippen LogP contribution in [0.5, 0.6) is 0 Å². The number of nitrogens with two attached hydrogens (primary N) is 1. The molecule has 1 aromatic carbocycles. The van der Waals surface area contributed by atoms with Gasteiger partial charge < -0.3 is 11.1 Å². The quantitative estimate of drug-likeness (QED) is 0.774.